The lowest BCUT2D eigenvalue weighted by atomic mass is 9.97. The van der Waals surface area contributed by atoms with Gasteiger partial charge in [-0.25, -0.2) is 0 Å². The highest BCUT2D eigenvalue weighted by Gasteiger charge is 2.32. The van der Waals surface area contributed by atoms with E-state index in [4.69, 9.17) is 0 Å². The van der Waals surface area contributed by atoms with Gasteiger partial charge in [0.1, 0.15) is 17.2 Å². The molecule has 0 unspecified atom stereocenters. The number of nitrogens with zero attached hydrogens (tertiary/aromatic N) is 1. The van der Waals surface area contributed by atoms with Gasteiger partial charge in [0.2, 0.25) is 0 Å². The Kier molecular flexibility index (Phi) is 3.59. The topological polar surface area (TPSA) is 64.9 Å². The third-order valence-electron chi connectivity index (χ3n) is 5.20. The van der Waals surface area contributed by atoms with Gasteiger partial charge in [-0.15, -0.1) is 0 Å². The van der Waals surface area contributed by atoms with Crippen LogP contribution in [0.5, 0.6) is 11.5 Å². The highest BCUT2D eigenvalue weighted by molar-refractivity contribution is 6.29. The second kappa shape index (κ2) is 6.13. The summed E-state index contributed by atoms with van der Waals surface area (Å²) in [6, 6.07) is 23.0. The smallest absolute Gasteiger partial charge is 0.133 e. The van der Waals surface area contributed by atoms with Crippen molar-refractivity contribution in [3.05, 3.63) is 89.5 Å². The molecule has 4 heteroatoms. The largest absolute Gasteiger partial charge is 0.507 e. The average Bonchev–Trinajstić information content (AvgIpc) is 3.06. The predicted octanol–water partition coefficient (Wildman–Crippen LogP) is 5.40. The van der Waals surface area contributed by atoms with Gasteiger partial charge < -0.3 is 10.2 Å². The van der Waals surface area contributed by atoms with Crippen molar-refractivity contribution in [1.29, 1.82) is 0 Å². The van der Waals surface area contributed by atoms with Gasteiger partial charge in [-0.2, -0.15) is 5.10 Å². The molecule has 1 aliphatic carbocycles. The standard InChI is InChI=1S/C24H18N2O2/c1-14-10-12-15(13-11-14)25-26-22-17-7-3-2-6-16(17)20-21(22)24(28)19-9-5-4-8-18(19)23(20)27/h2-13,25,27-28H,1H3/b26-22+. The van der Waals surface area contributed by atoms with Gasteiger partial charge in [0.25, 0.3) is 0 Å². The number of phenolic OH excluding ortho intramolecular Hbond substituents is 2. The van der Waals surface area contributed by atoms with Crippen LogP contribution in [-0.2, 0) is 0 Å². The van der Waals surface area contributed by atoms with Crippen LogP contribution >= 0.6 is 0 Å². The number of nitrogens with one attached hydrogen (secondary N) is 1. The summed E-state index contributed by atoms with van der Waals surface area (Å²) in [5.41, 5.74) is 8.64. The van der Waals surface area contributed by atoms with Crippen LogP contribution in [0.25, 0.3) is 21.9 Å². The predicted molar refractivity (Wildman–Crippen MR) is 113 cm³/mol. The Labute approximate surface area is 162 Å². The molecule has 0 fully saturated rings. The molecule has 4 aromatic rings. The number of aryl methyl sites for hydroxylation is 1. The lowest BCUT2D eigenvalue weighted by molar-refractivity contribution is 0.470. The first-order valence-corrected chi connectivity index (χ1v) is 9.12. The Hall–Kier alpha value is -3.79. The van der Waals surface area contributed by atoms with Crippen LogP contribution in [0.1, 0.15) is 16.7 Å². The van der Waals surface area contributed by atoms with E-state index < -0.39 is 0 Å². The van der Waals surface area contributed by atoms with Crippen LogP contribution in [0.15, 0.2) is 77.9 Å². The average molecular weight is 366 g/mol. The maximum atomic E-state index is 11.1. The van der Waals surface area contributed by atoms with E-state index in [1.54, 1.807) is 6.07 Å². The molecule has 5 rings (SSSR count). The number of aromatic hydroxyl groups is 2. The first kappa shape index (κ1) is 16.4. The minimum absolute atomic E-state index is 0.129. The van der Waals surface area contributed by atoms with Gasteiger partial charge in [0.05, 0.1) is 11.3 Å². The number of hydrogen-bond acceptors (Lipinski definition) is 4. The number of benzene rings is 4. The molecular formula is C24H18N2O2. The molecule has 0 spiro atoms. The number of hydrogen-bond donors (Lipinski definition) is 3. The van der Waals surface area contributed by atoms with E-state index in [2.05, 4.69) is 10.5 Å². The summed E-state index contributed by atoms with van der Waals surface area (Å²) >= 11 is 0. The molecule has 28 heavy (non-hydrogen) atoms. The minimum Gasteiger partial charge on any atom is -0.507 e. The summed E-state index contributed by atoms with van der Waals surface area (Å²) in [5, 5.41) is 27.9. The Bertz CT molecular complexity index is 1260. The number of fused-ring (bicyclic) bond motifs is 4. The third-order valence-corrected chi connectivity index (χ3v) is 5.20. The van der Waals surface area contributed by atoms with Gasteiger partial charge in [-0.3, -0.25) is 5.43 Å². The fourth-order valence-electron chi connectivity index (χ4n) is 3.80. The minimum atomic E-state index is 0.129. The number of hydrazone groups is 1. The molecule has 4 nitrogen and oxygen atoms in total. The van der Waals surface area contributed by atoms with Gasteiger partial charge in [0, 0.05) is 21.9 Å². The first-order chi connectivity index (χ1) is 13.6. The summed E-state index contributed by atoms with van der Waals surface area (Å²) in [6.07, 6.45) is 0. The molecule has 0 amide bonds. The van der Waals surface area contributed by atoms with Crippen LogP contribution in [0, 0.1) is 6.92 Å². The molecule has 1 aliphatic rings. The zero-order chi connectivity index (χ0) is 19.3. The molecule has 0 saturated heterocycles. The van der Waals surface area contributed by atoms with E-state index in [0.29, 0.717) is 27.6 Å². The van der Waals surface area contributed by atoms with Crippen LogP contribution in [0.3, 0.4) is 0 Å². The first-order valence-electron chi connectivity index (χ1n) is 9.12. The van der Waals surface area contributed by atoms with Gasteiger partial charge in [-0.05, 0) is 24.6 Å². The van der Waals surface area contributed by atoms with Crippen molar-refractivity contribution in [3.63, 3.8) is 0 Å². The molecule has 136 valence electrons. The zero-order valence-corrected chi connectivity index (χ0v) is 15.3. The Morgan fingerprint density at radius 1 is 0.679 bits per heavy atom. The van der Waals surface area contributed by atoms with Crippen molar-refractivity contribution in [2.45, 2.75) is 6.92 Å². The van der Waals surface area contributed by atoms with E-state index in [1.165, 1.54) is 5.56 Å². The fourth-order valence-corrected chi connectivity index (χ4v) is 3.80. The van der Waals surface area contributed by atoms with E-state index >= 15 is 0 Å². The Morgan fingerprint density at radius 2 is 1.25 bits per heavy atom. The molecule has 0 atom stereocenters. The van der Waals surface area contributed by atoms with Crippen molar-refractivity contribution in [2.24, 2.45) is 5.10 Å². The second-order valence-corrected chi connectivity index (χ2v) is 6.98. The van der Waals surface area contributed by atoms with Crippen molar-refractivity contribution in [2.75, 3.05) is 5.43 Å². The monoisotopic (exact) mass is 366 g/mol. The molecule has 0 saturated carbocycles. The van der Waals surface area contributed by atoms with Crippen LogP contribution < -0.4 is 5.43 Å². The molecule has 0 heterocycles. The van der Waals surface area contributed by atoms with Crippen molar-refractivity contribution < 1.29 is 10.2 Å². The summed E-state index contributed by atoms with van der Waals surface area (Å²) in [5.74, 6) is 0.292. The normalized spacial score (nSPS) is 13.5. The molecule has 4 aromatic carbocycles. The van der Waals surface area contributed by atoms with Gasteiger partial charge >= 0.3 is 0 Å². The zero-order valence-electron chi connectivity index (χ0n) is 15.3. The maximum absolute atomic E-state index is 11.1. The van der Waals surface area contributed by atoms with Crippen molar-refractivity contribution in [3.8, 4) is 22.6 Å². The molecule has 0 aliphatic heterocycles. The Morgan fingerprint density at radius 3 is 1.93 bits per heavy atom. The highest BCUT2D eigenvalue weighted by Crippen LogP contribution is 2.50. The fraction of sp³-hybridized carbons (Fsp3) is 0.0417. The molecular weight excluding hydrogens is 348 g/mol. The lowest BCUT2D eigenvalue weighted by Crippen LogP contribution is -2.03. The third kappa shape index (κ3) is 2.35. The highest BCUT2D eigenvalue weighted by atomic mass is 16.3. The number of phenols is 2. The Balaban J connectivity index is 1.76. The maximum Gasteiger partial charge on any atom is 0.133 e. The van der Waals surface area contributed by atoms with Crippen LogP contribution in [0.2, 0.25) is 0 Å². The molecule has 3 N–H and O–H groups in total. The van der Waals surface area contributed by atoms with Crippen LogP contribution in [-0.4, -0.2) is 15.9 Å². The summed E-state index contributed by atoms with van der Waals surface area (Å²) < 4.78 is 0. The van der Waals surface area contributed by atoms with E-state index in [1.807, 2.05) is 73.7 Å². The molecule has 0 bridgehead atoms. The summed E-state index contributed by atoms with van der Waals surface area (Å²) in [4.78, 5) is 0. The van der Waals surface area contributed by atoms with Crippen molar-refractivity contribution >= 4 is 22.2 Å². The van der Waals surface area contributed by atoms with Crippen LogP contribution in [0.4, 0.5) is 5.69 Å². The van der Waals surface area contributed by atoms with Gasteiger partial charge in [-0.1, -0.05) is 66.2 Å². The van der Waals surface area contributed by atoms with E-state index in [0.717, 1.165) is 16.8 Å². The van der Waals surface area contributed by atoms with E-state index in [9.17, 15) is 10.2 Å². The van der Waals surface area contributed by atoms with Crippen molar-refractivity contribution in [1.82, 2.24) is 0 Å². The van der Waals surface area contributed by atoms with E-state index in [-0.39, 0.29) is 11.5 Å². The quantitative estimate of drug-likeness (QED) is 0.289. The summed E-state index contributed by atoms with van der Waals surface area (Å²) in [6.45, 7) is 2.03. The lowest BCUT2D eigenvalue weighted by Gasteiger charge is -2.11. The SMILES string of the molecule is Cc1ccc(N/N=C2\c3ccccc3-c3c2c(O)c2ccccc2c3O)cc1. The summed E-state index contributed by atoms with van der Waals surface area (Å²) in [7, 11) is 0. The molecule has 0 aromatic heterocycles. The molecule has 0 radical (unpaired) electrons. The second-order valence-electron chi connectivity index (χ2n) is 6.98. The van der Waals surface area contributed by atoms with Gasteiger partial charge in [0.15, 0.2) is 0 Å². The number of rotatable bonds is 2. The number of anilines is 1.